The molecule has 0 bridgehead atoms. The van der Waals surface area contributed by atoms with Crippen LogP contribution in [0.25, 0.3) is 0 Å². The highest BCUT2D eigenvalue weighted by molar-refractivity contribution is 5.93. The molecule has 0 radical (unpaired) electrons. The first-order valence-corrected chi connectivity index (χ1v) is 10.3. The number of nitrogens with zero attached hydrogens (tertiary/aromatic N) is 1. The van der Waals surface area contributed by atoms with Crippen LogP contribution in [0.4, 0.5) is 0 Å². The summed E-state index contributed by atoms with van der Waals surface area (Å²) in [5.41, 5.74) is 0.813. The molecule has 3 N–H and O–H groups in total. The zero-order valence-corrected chi connectivity index (χ0v) is 16.3. The topological polar surface area (TPSA) is 99.4 Å². The summed E-state index contributed by atoms with van der Waals surface area (Å²) in [5, 5.41) is 32.8. The quantitative estimate of drug-likeness (QED) is 0.291. The Morgan fingerprint density at radius 3 is 2.67 bits per heavy atom. The van der Waals surface area contributed by atoms with Crippen LogP contribution in [0.3, 0.4) is 0 Å². The lowest BCUT2D eigenvalue weighted by atomic mass is 9.71. The van der Waals surface area contributed by atoms with E-state index in [0.717, 1.165) is 18.6 Å². The van der Waals surface area contributed by atoms with Gasteiger partial charge in [0.05, 0.1) is 17.7 Å². The van der Waals surface area contributed by atoms with Crippen LogP contribution in [-0.4, -0.2) is 45.8 Å². The van der Waals surface area contributed by atoms with Gasteiger partial charge in [-0.2, -0.15) is 0 Å². The predicted octanol–water partition coefficient (Wildman–Crippen LogP) is 2.97. The summed E-state index contributed by atoms with van der Waals surface area (Å²) in [6.45, 7) is 1.76. The van der Waals surface area contributed by atoms with Crippen LogP contribution < -0.4 is 0 Å². The summed E-state index contributed by atoms with van der Waals surface area (Å²) in [5.74, 6) is 5.16. The van der Waals surface area contributed by atoms with E-state index < -0.39 is 24.8 Å². The molecule has 0 aromatic heterocycles. The van der Waals surface area contributed by atoms with Crippen LogP contribution in [0.2, 0.25) is 0 Å². The van der Waals surface area contributed by atoms with Crippen molar-refractivity contribution in [3.8, 4) is 11.8 Å². The Morgan fingerprint density at radius 2 is 1.96 bits per heavy atom. The number of aliphatic hydroxyl groups excluding tert-OH is 2. The highest BCUT2D eigenvalue weighted by Crippen LogP contribution is 2.48. The average molecular weight is 379 g/mol. The smallest absolute Gasteiger partial charge is 0.344 e. The van der Waals surface area contributed by atoms with Crippen LogP contribution in [0.15, 0.2) is 5.16 Å². The molecule has 6 heteroatoms. The van der Waals surface area contributed by atoms with E-state index in [2.05, 4.69) is 23.9 Å². The number of carboxylic acids is 1. The van der Waals surface area contributed by atoms with Crippen molar-refractivity contribution in [2.45, 2.75) is 83.3 Å². The molecule has 2 aliphatic rings. The number of carboxylic acid groups (broad SMARTS) is 1. The summed E-state index contributed by atoms with van der Waals surface area (Å²) < 4.78 is 0. The van der Waals surface area contributed by atoms with Crippen LogP contribution >= 0.6 is 0 Å². The van der Waals surface area contributed by atoms with Crippen molar-refractivity contribution >= 4 is 11.7 Å². The summed E-state index contributed by atoms with van der Waals surface area (Å²) in [4.78, 5) is 15.2. The van der Waals surface area contributed by atoms with Gasteiger partial charge in [-0.15, -0.1) is 0 Å². The van der Waals surface area contributed by atoms with Gasteiger partial charge in [0.25, 0.3) is 0 Å². The summed E-state index contributed by atoms with van der Waals surface area (Å²) >= 11 is 0. The lowest BCUT2D eigenvalue weighted by Gasteiger charge is -2.33. The number of hydrogen-bond donors (Lipinski definition) is 3. The standard InChI is InChI=1S/C21H33NO5/c1-2-3-4-5-6-7-8-9-15(23)10-11-16-17-12-19(18(17)13-20(16)24)22-27-14-21(25)26/h15-18,20,23-24H,2-9,12-14H2,1H3,(H,25,26). The van der Waals surface area contributed by atoms with Crippen LogP contribution in [-0.2, 0) is 9.63 Å². The third-order valence-corrected chi connectivity index (χ3v) is 5.63. The molecule has 0 heterocycles. The van der Waals surface area contributed by atoms with Crippen molar-refractivity contribution < 1.29 is 25.0 Å². The second-order valence-corrected chi connectivity index (χ2v) is 7.77. The van der Waals surface area contributed by atoms with E-state index in [1.54, 1.807) is 0 Å². The number of carbonyl (C=O) groups is 1. The van der Waals surface area contributed by atoms with Gasteiger partial charge < -0.3 is 20.2 Å². The Balaban J connectivity index is 1.68. The molecule has 2 aliphatic carbocycles. The molecule has 0 amide bonds. The predicted molar refractivity (Wildman–Crippen MR) is 103 cm³/mol. The van der Waals surface area contributed by atoms with Crippen molar-refractivity contribution in [2.24, 2.45) is 22.9 Å². The summed E-state index contributed by atoms with van der Waals surface area (Å²) in [6.07, 6.45) is 9.26. The van der Waals surface area contributed by atoms with E-state index in [1.807, 2.05) is 0 Å². The van der Waals surface area contributed by atoms with Crippen molar-refractivity contribution in [1.82, 2.24) is 0 Å². The monoisotopic (exact) mass is 379 g/mol. The van der Waals surface area contributed by atoms with E-state index in [9.17, 15) is 15.0 Å². The Labute approximate surface area is 162 Å². The molecule has 2 saturated carbocycles. The number of aliphatic carboxylic acids is 1. The van der Waals surface area contributed by atoms with Crippen LogP contribution in [0, 0.1) is 29.6 Å². The van der Waals surface area contributed by atoms with E-state index >= 15 is 0 Å². The molecule has 2 fully saturated rings. The lowest BCUT2D eigenvalue weighted by Crippen LogP contribution is -2.36. The molecule has 0 aromatic carbocycles. The van der Waals surface area contributed by atoms with Crippen LogP contribution in [0.5, 0.6) is 0 Å². The lowest BCUT2D eigenvalue weighted by molar-refractivity contribution is -0.142. The molecule has 27 heavy (non-hydrogen) atoms. The molecule has 5 atom stereocenters. The number of unbranched alkanes of at least 4 members (excludes halogenated alkanes) is 6. The molecular weight excluding hydrogens is 346 g/mol. The maximum Gasteiger partial charge on any atom is 0.344 e. The summed E-state index contributed by atoms with van der Waals surface area (Å²) in [6, 6.07) is 0. The maximum absolute atomic E-state index is 10.4. The highest BCUT2D eigenvalue weighted by Gasteiger charge is 2.51. The second kappa shape index (κ2) is 11.3. The summed E-state index contributed by atoms with van der Waals surface area (Å²) in [7, 11) is 0. The molecule has 0 aliphatic heterocycles. The Hall–Kier alpha value is -1.58. The van der Waals surface area contributed by atoms with Gasteiger partial charge in [-0.3, -0.25) is 0 Å². The minimum Gasteiger partial charge on any atom is -0.479 e. The van der Waals surface area contributed by atoms with Gasteiger partial charge in [0.2, 0.25) is 6.61 Å². The maximum atomic E-state index is 10.4. The van der Waals surface area contributed by atoms with Gasteiger partial charge in [0, 0.05) is 5.92 Å². The normalized spacial score (nSPS) is 28.8. The minimum atomic E-state index is -1.06. The van der Waals surface area contributed by atoms with Gasteiger partial charge in [-0.25, -0.2) is 4.79 Å². The molecule has 152 valence electrons. The molecule has 5 unspecified atom stereocenters. The average Bonchev–Trinajstić information content (AvgIpc) is 2.86. The first-order chi connectivity index (χ1) is 13.0. The fourth-order valence-electron chi connectivity index (χ4n) is 4.04. The molecule has 0 saturated heterocycles. The molecule has 6 nitrogen and oxygen atoms in total. The minimum absolute atomic E-state index is 0.119. The molecular formula is C21H33NO5. The second-order valence-electron chi connectivity index (χ2n) is 7.77. The van der Waals surface area contributed by atoms with E-state index in [-0.39, 0.29) is 17.8 Å². The SMILES string of the molecule is CCCCCCCCCC(O)C#CC1C(O)CC2C(=NOCC(=O)O)CC21. The highest BCUT2D eigenvalue weighted by atomic mass is 16.6. The zero-order valence-electron chi connectivity index (χ0n) is 16.3. The molecule has 2 rings (SSSR count). The number of hydrogen-bond acceptors (Lipinski definition) is 5. The number of rotatable bonds is 11. The van der Waals surface area contributed by atoms with Crippen molar-refractivity contribution in [2.75, 3.05) is 6.61 Å². The van der Waals surface area contributed by atoms with Gasteiger partial charge >= 0.3 is 5.97 Å². The number of aliphatic hydroxyl groups is 2. The van der Waals surface area contributed by atoms with Gasteiger partial charge in [0.1, 0.15) is 6.10 Å². The zero-order chi connectivity index (χ0) is 19.6. The van der Waals surface area contributed by atoms with Crippen molar-refractivity contribution in [1.29, 1.82) is 0 Å². The van der Waals surface area contributed by atoms with Gasteiger partial charge in [-0.1, -0.05) is 62.4 Å². The number of oxime groups is 1. The first-order valence-electron chi connectivity index (χ1n) is 10.3. The largest absolute Gasteiger partial charge is 0.479 e. The fraction of sp³-hybridized carbons (Fsp3) is 0.810. The van der Waals surface area contributed by atoms with Gasteiger partial charge in [-0.05, 0) is 31.6 Å². The Bertz CT molecular complexity index is 565. The third-order valence-electron chi connectivity index (χ3n) is 5.63. The van der Waals surface area contributed by atoms with Crippen LogP contribution in [0.1, 0.15) is 71.1 Å². The van der Waals surface area contributed by atoms with E-state index in [4.69, 9.17) is 9.94 Å². The number of fused-ring (bicyclic) bond motifs is 1. The van der Waals surface area contributed by atoms with Gasteiger partial charge in [0.15, 0.2) is 0 Å². The third kappa shape index (κ3) is 6.82. The van der Waals surface area contributed by atoms with Crippen molar-refractivity contribution in [3.63, 3.8) is 0 Å². The fourth-order valence-corrected chi connectivity index (χ4v) is 4.04. The van der Waals surface area contributed by atoms with Crippen molar-refractivity contribution in [3.05, 3.63) is 0 Å². The first kappa shape index (κ1) is 21.7. The molecule has 0 aromatic rings. The van der Waals surface area contributed by atoms with E-state index in [1.165, 1.54) is 32.1 Å². The van der Waals surface area contributed by atoms with E-state index in [0.29, 0.717) is 19.3 Å². The Kier molecular flexibility index (Phi) is 9.09. The molecule has 0 spiro atoms. The Morgan fingerprint density at radius 1 is 1.26 bits per heavy atom.